The third-order valence-corrected chi connectivity index (χ3v) is 3.11. The summed E-state index contributed by atoms with van der Waals surface area (Å²) in [7, 11) is 0. The van der Waals surface area contributed by atoms with E-state index in [9.17, 15) is 4.79 Å². The van der Waals surface area contributed by atoms with Crippen molar-refractivity contribution in [1.82, 2.24) is 10.6 Å². The predicted octanol–water partition coefficient (Wildman–Crippen LogP) is 0.855. The molecule has 0 bridgehead atoms. The Morgan fingerprint density at radius 2 is 2.36 bits per heavy atom. The fourth-order valence-electron chi connectivity index (χ4n) is 1.74. The topological polar surface area (TPSA) is 41.1 Å². The lowest BCUT2D eigenvalue weighted by Crippen LogP contribution is -2.30. The number of hydrogen-bond acceptors (Lipinski definition) is 3. The van der Waals surface area contributed by atoms with Crippen molar-refractivity contribution in [3.63, 3.8) is 0 Å². The number of thioether (sulfide) groups is 1. The molecule has 14 heavy (non-hydrogen) atoms. The van der Waals surface area contributed by atoms with Crippen molar-refractivity contribution in [2.45, 2.75) is 19.3 Å². The highest BCUT2D eigenvalue weighted by atomic mass is 32.2. The van der Waals surface area contributed by atoms with Gasteiger partial charge in [0.25, 0.3) is 0 Å². The number of carbonyl (C=O) groups is 1. The van der Waals surface area contributed by atoms with Crippen molar-refractivity contribution in [2.24, 2.45) is 5.92 Å². The molecular weight excluding hydrogens is 196 g/mol. The van der Waals surface area contributed by atoms with Gasteiger partial charge in [-0.25, -0.2) is 0 Å². The SMILES string of the molecule is CSCC(=O)NCC1CCCNCC1. The molecule has 1 amide bonds. The van der Waals surface area contributed by atoms with Gasteiger partial charge in [0.1, 0.15) is 0 Å². The van der Waals surface area contributed by atoms with E-state index in [1.807, 2.05) is 6.26 Å². The molecule has 4 heteroatoms. The minimum Gasteiger partial charge on any atom is -0.355 e. The number of nitrogens with one attached hydrogen (secondary N) is 2. The fourth-order valence-corrected chi connectivity index (χ4v) is 2.10. The molecule has 3 nitrogen and oxygen atoms in total. The van der Waals surface area contributed by atoms with E-state index >= 15 is 0 Å². The third kappa shape index (κ3) is 4.86. The van der Waals surface area contributed by atoms with Gasteiger partial charge in [-0.05, 0) is 44.5 Å². The molecule has 0 aromatic carbocycles. The van der Waals surface area contributed by atoms with Crippen LogP contribution in [0, 0.1) is 5.92 Å². The van der Waals surface area contributed by atoms with Gasteiger partial charge in [-0.3, -0.25) is 4.79 Å². The molecule has 2 N–H and O–H groups in total. The van der Waals surface area contributed by atoms with E-state index in [1.54, 1.807) is 11.8 Å². The van der Waals surface area contributed by atoms with Crippen molar-refractivity contribution in [3.05, 3.63) is 0 Å². The van der Waals surface area contributed by atoms with Crippen LogP contribution in [0.3, 0.4) is 0 Å². The van der Waals surface area contributed by atoms with Crippen LogP contribution in [0.4, 0.5) is 0 Å². The summed E-state index contributed by atoms with van der Waals surface area (Å²) in [5, 5.41) is 6.37. The highest BCUT2D eigenvalue weighted by Crippen LogP contribution is 2.12. The van der Waals surface area contributed by atoms with Crippen LogP contribution in [0.15, 0.2) is 0 Å². The number of amides is 1. The van der Waals surface area contributed by atoms with E-state index in [4.69, 9.17) is 0 Å². The van der Waals surface area contributed by atoms with Crippen LogP contribution in [0.2, 0.25) is 0 Å². The van der Waals surface area contributed by atoms with E-state index in [0.29, 0.717) is 11.7 Å². The first-order valence-electron chi connectivity index (χ1n) is 5.29. The van der Waals surface area contributed by atoms with Gasteiger partial charge >= 0.3 is 0 Å². The van der Waals surface area contributed by atoms with Crippen molar-refractivity contribution >= 4 is 17.7 Å². The van der Waals surface area contributed by atoms with E-state index in [1.165, 1.54) is 19.3 Å². The lowest BCUT2D eigenvalue weighted by Gasteiger charge is -2.13. The maximum absolute atomic E-state index is 11.2. The molecule has 0 aromatic heterocycles. The summed E-state index contributed by atoms with van der Waals surface area (Å²) in [6, 6.07) is 0. The molecule has 1 heterocycles. The van der Waals surface area contributed by atoms with Gasteiger partial charge in [-0.1, -0.05) is 0 Å². The first-order chi connectivity index (χ1) is 6.83. The minimum atomic E-state index is 0.176. The highest BCUT2D eigenvalue weighted by molar-refractivity contribution is 7.99. The first-order valence-corrected chi connectivity index (χ1v) is 6.68. The summed E-state index contributed by atoms with van der Waals surface area (Å²) >= 11 is 1.58. The van der Waals surface area contributed by atoms with Crippen molar-refractivity contribution < 1.29 is 4.79 Å². The van der Waals surface area contributed by atoms with Crippen LogP contribution in [0.1, 0.15) is 19.3 Å². The summed E-state index contributed by atoms with van der Waals surface area (Å²) in [5.41, 5.74) is 0. The maximum Gasteiger partial charge on any atom is 0.229 e. The number of hydrogen-bond donors (Lipinski definition) is 2. The Balaban J connectivity index is 2.12. The molecule has 1 rings (SSSR count). The molecule has 0 saturated carbocycles. The molecule has 1 fully saturated rings. The van der Waals surface area contributed by atoms with Gasteiger partial charge in [-0.15, -0.1) is 0 Å². The molecule has 0 spiro atoms. The average Bonchev–Trinajstić information content (AvgIpc) is 2.43. The van der Waals surface area contributed by atoms with Crippen LogP contribution < -0.4 is 10.6 Å². The molecule has 82 valence electrons. The molecule has 1 unspecified atom stereocenters. The standard InChI is InChI=1S/C10H20N2OS/c1-14-8-10(13)12-7-9-3-2-5-11-6-4-9/h9,11H,2-8H2,1H3,(H,12,13). The molecule has 0 radical (unpaired) electrons. The van der Waals surface area contributed by atoms with Crippen LogP contribution in [-0.2, 0) is 4.79 Å². The quantitative estimate of drug-likeness (QED) is 0.732. The Morgan fingerprint density at radius 3 is 3.14 bits per heavy atom. The lowest BCUT2D eigenvalue weighted by atomic mass is 10.0. The van der Waals surface area contributed by atoms with Gasteiger partial charge in [0.2, 0.25) is 5.91 Å². The first kappa shape index (κ1) is 11.9. The Labute approximate surface area is 90.4 Å². The summed E-state index contributed by atoms with van der Waals surface area (Å²) < 4.78 is 0. The second kappa shape index (κ2) is 7.12. The zero-order valence-electron chi connectivity index (χ0n) is 8.84. The second-order valence-corrected chi connectivity index (χ2v) is 4.65. The van der Waals surface area contributed by atoms with Gasteiger partial charge < -0.3 is 10.6 Å². The van der Waals surface area contributed by atoms with E-state index in [0.717, 1.165) is 19.6 Å². The van der Waals surface area contributed by atoms with Gasteiger partial charge in [-0.2, -0.15) is 11.8 Å². The molecular formula is C10H20N2OS. The fraction of sp³-hybridized carbons (Fsp3) is 0.900. The summed E-state index contributed by atoms with van der Waals surface area (Å²) in [6.45, 7) is 3.10. The molecule has 1 saturated heterocycles. The van der Waals surface area contributed by atoms with Gasteiger partial charge in [0.05, 0.1) is 5.75 Å². The normalized spacial score (nSPS) is 22.8. The van der Waals surface area contributed by atoms with Crippen molar-refractivity contribution in [2.75, 3.05) is 31.6 Å². The monoisotopic (exact) mass is 216 g/mol. The zero-order chi connectivity index (χ0) is 10.2. The Hall–Kier alpha value is -0.220. The zero-order valence-corrected chi connectivity index (χ0v) is 9.66. The molecule has 0 aromatic rings. The van der Waals surface area contributed by atoms with E-state index < -0.39 is 0 Å². The Bertz CT molecular complexity index is 168. The van der Waals surface area contributed by atoms with Crippen LogP contribution in [0.25, 0.3) is 0 Å². The molecule has 1 atom stereocenters. The van der Waals surface area contributed by atoms with Gasteiger partial charge in [0, 0.05) is 6.54 Å². The maximum atomic E-state index is 11.2. The van der Waals surface area contributed by atoms with Crippen LogP contribution in [-0.4, -0.2) is 37.6 Å². The Morgan fingerprint density at radius 1 is 1.50 bits per heavy atom. The highest BCUT2D eigenvalue weighted by Gasteiger charge is 2.12. The van der Waals surface area contributed by atoms with Gasteiger partial charge in [0.15, 0.2) is 0 Å². The number of carbonyl (C=O) groups excluding carboxylic acids is 1. The summed E-state index contributed by atoms with van der Waals surface area (Å²) in [4.78, 5) is 11.2. The lowest BCUT2D eigenvalue weighted by molar-refractivity contribution is -0.118. The summed E-state index contributed by atoms with van der Waals surface area (Å²) in [6.07, 6.45) is 5.63. The van der Waals surface area contributed by atoms with Crippen molar-refractivity contribution in [1.29, 1.82) is 0 Å². The smallest absolute Gasteiger partial charge is 0.229 e. The number of rotatable bonds is 4. The average molecular weight is 216 g/mol. The van der Waals surface area contributed by atoms with Crippen LogP contribution in [0.5, 0.6) is 0 Å². The second-order valence-electron chi connectivity index (χ2n) is 3.78. The minimum absolute atomic E-state index is 0.176. The molecule has 1 aliphatic rings. The van der Waals surface area contributed by atoms with E-state index in [-0.39, 0.29) is 5.91 Å². The predicted molar refractivity (Wildman–Crippen MR) is 61.6 cm³/mol. The molecule has 0 aliphatic carbocycles. The van der Waals surface area contributed by atoms with Crippen LogP contribution >= 0.6 is 11.8 Å². The Kier molecular flexibility index (Phi) is 6.03. The largest absolute Gasteiger partial charge is 0.355 e. The third-order valence-electron chi connectivity index (χ3n) is 2.56. The summed E-state index contributed by atoms with van der Waals surface area (Å²) in [5.74, 6) is 1.44. The van der Waals surface area contributed by atoms with E-state index in [2.05, 4.69) is 10.6 Å². The van der Waals surface area contributed by atoms with Crippen molar-refractivity contribution in [3.8, 4) is 0 Å². The molecule has 1 aliphatic heterocycles.